The highest BCUT2D eigenvalue weighted by atomic mass is 16.5. The fourth-order valence-corrected chi connectivity index (χ4v) is 2.47. The van der Waals surface area contributed by atoms with Gasteiger partial charge in [-0.1, -0.05) is 24.3 Å². The Morgan fingerprint density at radius 2 is 1.85 bits per heavy atom. The van der Waals surface area contributed by atoms with Gasteiger partial charge in [-0.3, -0.25) is 4.79 Å². The molecule has 7 heteroatoms. The van der Waals surface area contributed by atoms with Crippen LogP contribution in [-0.4, -0.2) is 30.1 Å². The monoisotopic (exact) mass is 364 g/mol. The summed E-state index contributed by atoms with van der Waals surface area (Å²) >= 11 is 0. The molecule has 0 unspecified atom stereocenters. The van der Waals surface area contributed by atoms with Gasteiger partial charge in [0.05, 0.1) is 26.6 Å². The molecule has 0 radical (unpaired) electrons. The van der Waals surface area contributed by atoms with Crippen LogP contribution in [0.25, 0.3) is 0 Å². The number of amides is 1. The second-order valence-corrected chi connectivity index (χ2v) is 5.64. The third-order valence-corrected chi connectivity index (χ3v) is 3.86. The summed E-state index contributed by atoms with van der Waals surface area (Å²) in [4.78, 5) is 20.7. The topological polar surface area (TPSA) is 85.4 Å². The molecule has 0 saturated carbocycles. The van der Waals surface area contributed by atoms with E-state index in [1.807, 2.05) is 24.3 Å². The van der Waals surface area contributed by atoms with E-state index in [9.17, 15) is 4.79 Å². The standard InChI is InChI=1S/C20H20N4O3/c1-26-16-8-5-7-15(10-16)24-20(25)17-12-23-19(13-21-17)22-11-14-6-3-4-9-18(14)27-2/h3-10,12-13H,11H2,1-2H3,(H,22,23)(H,24,25). The number of rotatable bonds is 7. The van der Waals surface area contributed by atoms with E-state index >= 15 is 0 Å². The van der Waals surface area contributed by atoms with Crippen molar-refractivity contribution in [1.29, 1.82) is 0 Å². The molecular weight excluding hydrogens is 344 g/mol. The van der Waals surface area contributed by atoms with Crippen molar-refractivity contribution < 1.29 is 14.3 Å². The SMILES string of the molecule is COc1cccc(NC(=O)c2cnc(NCc3ccccc3OC)cn2)c1. The maximum absolute atomic E-state index is 12.3. The fourth-order valence-electron chi connectivity index (χ4n) is 2.47. The van der Waals surface area contributed by atoms with Gasteiger partial charge in [0.2, 0.25) is 0 Å². The molecule has 1 heterocycles. The number of anilines is 2. The van der Waals surface area contributed by atoms with E-state index in [2.05, 4.69) is 20.6 Å². The molecule has 0 atom stereocenters. The van der Waals surface area contributed by atoms with Crippen molar-refractivity contribution in [3.8, 4) is 11.5 Å². The zero-order valence-electron chi connectivity index (χ0n) is 15.1. The summed E-state index contributed by atoms with van der Waals surface area (Å²) in [7, 11) is 3.21. The fraction of sp³-hybridized carbons (Fsp3) is 0.150. The van der Waals surface area contributed by atoms with Crippen LogP contribution in [0.3, 0.4) is 0 Å². The lowest BCUT2D eigenvalue weighted by Crippen LogP contribution is -2.14. The predicted molar refractivity (Wildman–Crippen MR) is 103 cm³/mol. The first-order valence-corrected chi connectivity index (χ1v) is 8.33. The molecular formula is C20H20N4O3. The van der Waals surface area contributed by atoms with Crippen LogP contribution in [0.5, 0.6) is 11.5 Å². The number of aromatic nitrogens is 2. The van der Waals surface area contributed by atoms with Gasteiger partial charge in [0.1, 0.15) is 23.0 Å². The highest BCUT2D eigenvalue weighted by Crippen LogP contribution is 2.19. The highest BCUT2D eigenvalue weighted by molar-refractivity contribution is 6.02. The van der Waals surface area contributed by atoms with E-state index in [4.69, 9.17) is 9.47 Å². The molecule has 27 heavy (non-hydrogen) atoms. The number of para-hydroxylation sites is 1. The Labute approximate surface area is 157 Å². The summed E-state index contributed by atoms with van der Waals surface area (Å²) in [6, 6.07) is 14.8. The number of ether oxygens (including phenoxy) is 2. The molecule has 0 aliphatic heterocycles. The summed E-state index contributed by atoms with van der Waals surface area (Å²) in [5.41, 5.74) is 1.85. The smallest absolute Gasteiger partial charge is 0.275 e. The molecule has 3 rings (SSSR count). The molecule has 3 aromatic rings. The predicted octanol–water partition coefficient (Wildman–Crippen LogP) is 3.36. The Hall–Kier alpha value is -3.61. The number of hydrogen-bond donors (Lipinski definition) is 2. The maximum atomic E-state index is 12.3. The molecule has 0 aliphatic rings. The Balaban J connectivity index is 1.61. The molecule has 2 aromatic carbocycles. The minimum atomic E-state index is -0.341. The van der Waals surface area contributed by atoms with Gasteiger partial charge in [-0.15, -0.1) is 0 Å². The number of methoxy groups -OCH3 is 2. The number of carbonyl (C=O) groups excluding carboxylic acids is 1. The van der Waals surface area contributed by atoms with Crippen LogP contribution in [0.2, 0.25) is 0 Å². The molecule has 0 fully saturated rings. The van der Waals surface area contributed by atoms with E-state index < -0.39 is 0 Å². The molecule has 0 aliphatic carbocycles. The van der Waals surface area contributed by atoms with Gasteiger partial charge in [0.25, 0.3) is 5.91 Å². The normalized spacial score (nSPS) is 10.1. The lowest BCUT2D eigenvalue weighted by molar-refractivity contribution is 0.102. The molecule has 0 spiro atoms. The quantitative estimate of drug-likeness (QED) is 0.669. The average Bonchev–Trinajstić information content (AvgIpc) is 2.73. The van der Waals surface area contributed by atoms with Gasteiger partial charge < -0.3 is 20.1 Å². The van der Waals surface area contributed by atoms with Gasteiger partial charge in [0, 0.05) is 23.9 Å². The third kappa shape index (κ3) is 4.72. The van der Waals surface area contributed by atoms with Crippen LogP contribution in [0.4, 0.5) is 11.5 Å². The van der Waals surface area contributed by atoms with Crippen LogP contribution in [0, 0.1) is 0 Å². The van der Waals surface area contributed by atoms with Gasteiger partial charge in [0.15, 0.2) is 0 Å². The van der Waals surface area contributed by atoms with Crippen molar-refractivity contribution in [3.63, 3.8) is 0 Å². The second-order valence-electron chi connectivity index (χ2n) is 5.64. The van der Waals surface area contributed by atoms with Crippen molar-refractivity contribution >= 4 is 17.4 Å². The van der Waals surface area contributed by atoms with Crippen LogP contribution in [0.1, 0.15) is 16.1 Å². The van der Waals surface area contributed by atoms with Crippen molar-refractivity contribution in [3.05, 3.63) is 72.2 Å². The summed E-state index contributed by atoms with van der Waals surface area (Å²) in [5, 5.41) is 5.93. The summed E-state index contributed by atoms with van der Waals surface area (Å²) in [6.07, 6.45) is 2.95. The third-order valence-electron chi connectivity index (χ3n) is 3.86. The number of benzene rings is 2. The molecule has 1 amide bonds. The number of nitrogens with zero attached hydrogens (tertiary/aromatic N) is 2. The highest BCUT2D eigenvalue weighted by Gasteiger charge is 2.09. The van der Waals surface area contributed by atoms with E-state index in [0.29, 0.717) is 23.8 Å². The minimum absolute atomic E-state index is 0.223. The number of hydrogen-bond acceptors (Lipinski definition) is 6. The van der Waals surface area contributed by atoms with Gasteiger partial charge in [-0.05, 0) is 18.2 Å². The lowest BCUT2D eigenvalue weighted by Gasteiger charge is -2.10. The van der Waals surface area contributed by atoms with E-state index in [1.54, 1.807) is 38.5 Å². The van der Waals surface area contributed by atoms with Crippen LogP contribution in [0.15, 0.2) is 60.9 Å². The summed E-state index contributed by atoms with van der Waals surface area (Å²) in [6.45, 7) is 0.536. The largest absolute Gasteiger partial charge is 0.497 e. The van der Waals surface area contributed by atoms with Crippen molar-refractivity contribution in [1.82, 2.24) is 9.97 Å². The van der Waals surface area contributed by atoms with E-state index in [1.165, 1.54) is 12.4 Å². The maximum Gasteiger partial charge on any atom is 0.275 e. The lowest BCUT2D eigenvalue weighted by atomic mass is 10.2. The molecule has 2 N–H and O–H groups in total. The first kappa shape index (κ1) is 18.2. The first-order valence-electron chi connectivity index (χ1n) is 8.33. The number of carbonyl (C=O) groups is 1. The minimum Gasteiger partial charge on any atom is -0.497 e. The molecule has 0 bridgehead atoms. The Morgan fingerprint density at radius 1 is 1.00 bits per heavy atom. The molecule has 1 aromatic heterocycles. The zero-order chi connectivity index (χ0) is 19.1. The van der Waals surface area contributed by atoms with Crippen LogP contribution in [-0.2, 0) is 6.54 Å². The first-order chi connectivity index (χ1) is 13.2. The van der Waals surface area contributed by atoms with E-state index in [0.717, 1.165) is 11.3 Å². The summed E-state index contributed by atoms with van der Waals surface area (Å²) in [5.74, 6) is 1.69. The van der Waals surface area contributed by atoms with Gasteiger partial charge >= 0.3 is 0 Å². The number of nitrogens with one attached hydrogen (secondary N) is 2. The Morgan fingerprint density at radius 3 is 2.59 bits per heavy atom. The zero-order valence-corrected chi connectivity index (χ0v) is 15.1. The summed E-state index contributed by atoms with van der Waals surface area (Å²) < 4.78 is 10.5. The Kier molecular flexibility index (Phi) is 5.84. The molecule has 7 nitrogen and oxygen atoms in total. The van der Waals surface area contributed by atoms with Gasteiger partial charge in [-0.25, -0.2) is 9.97 Å². The second kappa shape index (κ2) is 8.66. The molecule has 0 saturated heterocycles. The van der Waals surface area contributed by atoms with E-state index in [-0.39, 0.29) is 11.6 Å². The Bertz CT molecular complexity index is 913. The van der Waals surface area contributed by atoms with Crippen molar-refractivity contribution in [2.75, 3.05) is 24.9 Å². The van der Waals surface area contributed by atoms with Crippen LogP contribution < -0.4 is 20.1 Å². The van der Waals surface area contributed by atoms with Gasteiger partial charge in [-0.2, -0.15) is 0 Å². The average molecular weight is 364 g/mol. The van der Waals surface area contributed by atoms with Crippen LogP contribution >= 0.6 is 0 Å². The van der Waals surface area contributed by atoms with Crippen molar-refractivity contribution in [2.24, 2.45) is 0 Å². The molecule has 138 valence electrons. The van der Waals surface area contributed by atoms with Crippen molar-refractivity contribution in [2.45, 2.75) is 6.54 Å².